The smallest absolute Gasteiger partial charge is 0.205 e. The van der Waals surface area contributed by atoms with Crippen LogP contribution in [0.4, 0.5) is 0 Å². The Hall–Kier alpha value is -2.13. The molecule has 6 heteroatoms. The van der Waals surface area contributed by atoms with Crippen molar-refractivity contribution in [2.75, 3.05) is 13.1 Å². The van der Waals surface area contributed by atoms with Crippen LogP contribution in [0.3, 0.4) is 0 Å². The molecule has 0 fully saturated rings. The van der Waals surface area contributed by atoms with Gasteiger partial charge in [0.25, 0.3) is 0 Å². The van der Waals surface area contributed by atoms with Crippen molar-refractivity contribution < 1.29 is 0 Å². The maximum absolute atomic E-state index is 8.70. The number of hydrogen-bond acceptors (Lipinski definition) is 4. The van der Waals surface area contributed by atoms with Crippen molar-refractivity contribution in [3.63, 3.8) is 0 Å². The number of nitrogens with one attached hydrogen (secondary N) is 2. The summed E-state index contributed by atoms with van der Waals surface area (Å²) in [6.07, 6.45) is 9.76. The first-order valence-corrected chi connectivity index (χ1v) is 6.89. The zero-order valence-corrected chi connectivity index (χ0v) is 11.7. The summed E-state index contributed by atoms with van der Waals surface area (Å²) in [5.74, 6) is 0.509. The second kappa shape index (κ2) is 10.8. The van der Waals surface area contributed by atoms with Crippen LogP contribution in [0.5, 0.6) is 0 Å². The Morgan fingerprint density at radius 3 is 2.90 bits per heavy atom. The van der Waals surface area contributed by atoms with E-state index in [2.05, 4.69) is 20.6 Å². The Labute approximate surface area is 120 Å². The van der Waals surface area contributed by atoms with Crippen LogP contribution in [-0.2, 0) is 6.54 Å². The number of nitriles is 1. The lowest BCUT2D eigenvalue weighted by Gasteiger charge is -2.07. The number of nitrogens with two attached hydrogens (primary N) is 1. The Morgan fingerprint density at radius 1 is 1.35 bits per heavy atom. The third kappa shape index (κ3) is 7.34. The number of rotatable bonds is 8. The molecule has 0 saturated carbocycles. The third-order valence-corrected chi connectivity index (χ3v) is 2.74. The van der Waals surface area contributed by atoms with Gasteiger partial charge in [0.05, 0.1) is 6.54 Å². The molecule has 0 aliphatic heterocycles. The fraction of sp³-hybridized carbons (Fsp3) is 0.500. The summed E-state index contributed by atoms with van der Waals surface area (Å²) in [7, 11) is 0. The molecule has 108 valence electrons. The van der Waals surface area contributed by atoms with E-state index >= 15 is 0 Å². The molecular formula is C14H22N6. The first-order valence-electron chi connectivity index (χ1n) is 6.89. The SMILES string of the molecule is N#CNC(=NCc1cccnc1)NCCCCCCN. The van der Waals surface area contributed by atoms with Crippen LogP contribution in [0.2, 0.25) is 0 Å². The normalized spacial score (nSPS) is 10.9. The summed E-state index contributed by atoms with van der Waals surface area (Å²) < 4.78 is 0. The van der Waals surface area contributed by atoms with E-state index in [-0.39, 0.29) is 0 Å². The molecule has 0 unspecified atom stereocenters. The predicted octanol–water partition coefficient (Wildman–Crippen LogP) is 1.12. The van der Waals surface area contributed by atoms with Gasteiger partial charge in [-0.25, -0.2) is 4.99 Å². The highest BCUT2D eigenvalue weighted by Crippen LogP contribution is 1.98. The molecule has 1 rings (SSSR count). The highest BCUT2D eigenvalue weighted by atomic mass is 15.2. The monoisotopic (exact) mass is 274 g/mol. The van der Waals surface area contributed by atoms with Gasteiger partial charge in [0.2, 0.25) is 5.96 Å². The average Bonchev–Trinajstić information content (AvgIpc) is 2.49. The predicted molar refractivity (Wildman–Crippen MR) is 79.6 cm³/mol. The van der Waals surface area contributed by atoms with Crippen molar-refractivity contribution in [1.82, 2.24) is 15.6 Å². The molecule has 0 aromatic carbocycles. The quantitative estimate of drug-likeness (QED) is 0.217. The fourth-order valence-electron chi connectivity index (χ4n) is 1.68. The van der Waals surface area contributed by atoms with Gasteiger partial charge in [-0.1, -0.05) is 18.9 Å². The molecule has 0 spiro atoms. The highest BCUT2D eigenvalue weighted by molar-refractivity contribution is 5.81. The zero-order valence-electron chi connectivity index (χ0n) is 11.7. The van der Waals surface area contributed by atoms with Gasteiger partial charge in [0.1, 0.15) is 0 Å². The molecule has 6 nitrogen and oxygen atoms in total. The summed E-state index contributed by atoms with van der Waals surface area (Å²) in [5.41, 5.74) is 6.45. The number of unbranched alkanes of at least 4 members (excludes halogenated alkanes) is 3. The van der Waals surface area contributed by atoms with Crippen molar-refractivity contribution in [2.45, 2.75) is 32.2 Å². The lowest BCUT2D eigenvalue weighted by atomic mass is 10.2. The standard InChI is InChI=1S/C14H22N6/c15-7-3-1-2-4-9-18-14(20-12-16)19-11-13-6-5-8-17-10-13/h5-6,8,10H,1-4,7,9,11,15H2,(H2,18,19,20). The minimum Gasteiger partial charge on any atom is -0.356 e. The average molecular weight is 274 g/mol. The second-order valence-electron chi connectivity index (χ2n) is 4.39. The van der Waals surface area contributed by atoms with E-state index in [0.29, 0.717) is 12.5 Å². The van der Waals surface area contributed by atoms with E-state index < -0.39 is 0 Å². The van der Waals surface area contributed by atoms with Gasteiger partial charge in [-0.3, -0.25) is 10.3 Å². The molecular weight excluding hydrogens is 252 g/mol. The van der Waals surface area contributed by atoms with Gasteiger partial charge in [0.15, 0.2) is 6.19 Å². The van der Waals surface area contributed by atoms with Crippen LogP contribution < -0.4 is 16.4 Å². The Kier molecular flexibility index (Phi) is 8.57. The molecule has 20 heavy (non-hydrogen) atoms. The second-order valence-corrected chi connectivity index (χ2v) is 4.39. The van der Waals surface area contributed by atoms with E-state index in [4.69, 9.17) is 11.0 Å². The topological polar surface area (TPSA) is 99.1 Å². The third-order valence-electron chi connectivity index (χ3n) is 2.74. The van der Waals surface area contributed by atoms with Gasteiger partial charge < -0.3 is 11.1 Å². The van der Waals surface area contributed by atoms with Crippen LogP contribution in [0.15, 0.2) is 29.5 Å². The van der Waals surface area contributed by atoms with Crippen LogP contribution in [0, 0.1) is 11.5 Å². The van der Waals surface area contributed by atoms with Crippen LogP contribution in [-0.4, -0.2) is 24.0 Å². The molecule has 4 N–H and O–H groups in total. The van der Waals surface area contributed by atoms with Crippen LogP contribution >= 0.6 is 0 Å². The summed E-state index contributed by atoms with van der Waals surface area (Å²) >= 11 is 0. The molecule has 0 saturated heterocycles. The van der Waals surface area contributed by atoms with Crippen LogP contribution in [0.1, 0.15) is 31.2 Å². The van der Waals surface area contributed by atoms with E-state index in [0.717, 1.165) is 44.3 Å². The summed E-state index contributed by atoms with van der Waals surface area (Å²) in [4.78, 5) is 8.36. The zero-order chi connectivity index (χ0) is 14.5. The van der Waals surface area contributed by atoms with Crippen molar-refractivity contribution in [3.05, 3.63) is 30.1 Å². The molecule has 1 heterocycles. The number of nitrogens with zero attached hydrogens (tertiary/aromatic N) is 3. The van der Waals surface area contributed by atoms with E-state index in [9.17, 15) is 0 Å². The molecule has 1 aromatic rings. The summed E-state index contributed by atoms with van der Waals surface area (Å²) in [6.45, 7) is 2.05. The minimum atomic E-state index is 0.498. The molecule has 0 amide bonds. The van der Waals surface area contributed by atoms with E-state index in [1.54, 1.807) is 12.4 Å². The van der Waals surface area contributed by atoms with Crippen LogP contribution in [0.25, 0.3) is 0 Å². The van der Waals surface area contributed by atoms with Gasteiger partial charge in [-0.2, -0.15) is 5.26 Å². The van der Waals surface area contributed by atoms with Crippen molar-refractivity contribution in [3.8, 4) is 6.19 Å². The number of aliphatic imine (C=N–C) groups is 1. The van der Waals surface area contributed by atoms with Gasteiger partial charge in [0, 0.05) is 18.9 Å². The first kappa shape index (κ1) is 15.9. The van der Waals surface area contributed by atoms with Gasteiger partial charge in [-0.05, 0) is 31.0 Å². The van der Waals surface area contributed by atoms with Crippen molar-refractivity contribution >= 4 is 5.96 Å². The molecule has 0 aliphatic rings. The summed E-state index contributed by atoms with van der Waals surface area (Å²) in [6, 6.07) is 3.82. The number of guanidine groups is 1. The largest absolute Gasteiger partial charge is 0.356 e. The van der Waals surface area contributed by atoms with Crippen molar-refractivity contribution in [2.24, 2.45) is 10.7 Å². The lowest BCUT2D eigenvalue weighted by molar-refractivity contribution is 0.634. The Morgan fingerprint density at radius 2 is 2.20 bits per heavy atom. The Bertz CT molecular complexity index is 423. The Balaban J connectivity index is 2.30. The molecule has 0 bridgehead atoms. The highest BCUT2D eigenvalue weighted by Gasteiger charge is 1.97. The van der Waals surface area contributed by atoms with E-state index in [1.165, 1.54) is 0 Å². The molecule has 0 atom stereocenters. The first-order chi connectivity index (χ1) is 9.86. The number of pyridine rings is 1. The van der Waals surface area contributed by atoms with Gasteiger partial charge in [-0.15, -0.1) is 0 Å². The van der Waals surface area contributed by atoms with Crippen molar-refractivity contribution in [1.29, 1.82) is 5.26 Å². The maximum atomic E-state index is 8.70. The number of aromatic nitrogens is 1. The molecule has 0 radical (unpaired) electrons. The van der Waals surface area contributed by atoms with E-state index in [1.807, 2.05) is 18.3 Å². The number of hydrogen-bond donors (Lipinski definition) is 3. The maximum Gasteiger partial charge on any atom is 0.205 e. The minimum absolute atomic E-state index is 0.498. The fourth-order valence-corrected chi connectivity index (χ4v) is 1.68. The molecule has 0 aliphatic carbocycles. The molecule has 1 aromatic heterocycles. The summed E-state index contributed by atoms with van der Waals surface area (Å²) in [5, 5.41) is 14.4. The lowest BCUT2D eigenvalue weighted by Crippen LogP contribution is -2.35. The van der Waals surface area contributed by atoms with Gasteiger partial charge >= 0.3 is 0 Å².